The topological polar surface area (TPSA) is 89.3 Å². The lowest BCUT2D eigenvalue weighted by atomic mass is 10.2. The second-order valence-electron chi connectivity index (χ2n) is 5.60. The molecule has 7 heteroatoms. The van der Waals surface area contributed by atoms with Gasteiger partial charge in [0.05, 0.1) is 11.5 Å². The molecule has 2 aromatic rings. The number of fused-ring (bicyclic) bond motifs is 1. The van der Waals surface area contributed by atoms with Crippen molar-refractivity contribution in [3.63, 3.8) is 0 Å². The predicted molar refractivity (Wildman–Crippen MR) is 82.1 cm³/mol. The molecule has 0 aliphatic carbocycles. The first-order valence-corrected chi connectivity index (χ1v) is 9.18. The summed E-state index contributed by atoms with van der Waals surface area (Å²) in [6.45, 7) is 0. The van der Waals surface area contributed by atoms with Crippen LogP contribution in [0.3, 0.4) is 0 Å². The van der Waals surface area contributed by atoms with Crippen LogP contribution in [-0.4, -0.2) is 36.9 Å². The van der Waals surface area contributed by atoms with Crippen molar-refractivity contribution in [2.75, 3.05) is 11.5 Å². The number of hydrogen-bond acceptors (Lipinski definition) is 5. The minimum Gasteiger partial charge on any atom is -0.441 e. The molecule has 0 bridgehead atoms. The molecule has 2 heterocycles. The number of benzene rings is 1. The van der Waals surface area contributed by atoms with E-state index >= 15 is 0 Å². The summed E-state index contributed by atoms with van der Waals surface area (Å²) in [7, 11) is -2.96. The van der Waals surface area contributed by atoms with Crippen molar-refractivity contribution in [3.8, 4) is 0 Å². The molecule has 118 valence electrons. The fraction of sp³-hybridized carbons (Fsp3) is 0.467. The number of sulfone groups is 1. The lowest BCUT2D eigenvalue weighted by Crippen LogP contribution is -2.35. The van der Waals surface area contributed by atoms with Crippen LogP contribution in [-0.2, 0) is 21.1 Å². The lowest BCUT2D eigenvalue weighted by molar-refractivity contribution is -0.121. The van der Waals surface area contributed by atoms with Gasteiger partial charge in [0, 0.05) is 18.9 Å². The molecule has 3 rings (SSSR count). The van der Waals surface area contributed by atoms with Crippen LogP contribution in [0, 0.1) is 0 Å². The minimum absolute atomic E-state index is 0.0594. The van der Waals surface area contributed by atoms with Crippen molar-refractivity contribution in [1.82, 2.24) is 10.3 Å². The Kier molecular flexibility index (Phi) is 4.15. The number of aromatic nitrogens is 1. The van der Waals surface area contributed by atoms with Crippen LogP contribution >= 0.6 is 0 Å². The molecule has 1 aliphatic heterocycles. The minimum atomic E-state index is -2.96. The molecule has 1 fully saturated rings. The number of para-hydroxylation sites is 2. The average Bonchev–Trinajstić information content (AvgIpc) is 3.01. The molecule has 0 saturated carbocycles. The van der Waals surface area contributed by atoms with Gasteiger partial charge in [0.15, 0.2) is 21.3 Å². The molecule has 1 aromatic carbocycles. The Bertz CT molecular complexity index is 749. The summed E-state index contributed by atoms with van der Waals surface area (Å²) in [5.74, 6) is 0.737. The fourth-order valence-corrected chi connectivity index (χ4v) is 4.31. The maximum absolute atomic E-state index is 11.8. The summed E-state index contributed by atoms with van der Waals surface area (Å²) in [6, 6.07) is 7.30. The zero-order chi connectivity index (χ0) is 15.6. The van der Waals surface area contributed by atoms with Crippen LogP contribution in [0.2, 0.25) is 0 Å². The number of carbonyl (C=O) groups is 1. The van der Waals surface area contributed by atoms with Crippen molar-refractivity contribution in [3.05, 3.63) is 30.2 Å². The number of hydrogen-bond donors (Lipinski definition) is 1. The first-order valence-electron chi connectivity index (χ1n) is 7.36. The Labute approximate surface area is 128 Å². The summed E-state index contributed by atoms with van der Waals surface area (Å²) in [5.41, 5.74) is 1.57. The third-order valence-electron chi connectivity index (χ3n) is 3.73. The largest absolute Gasteiger partial charge is 0.441 e. The SMILES string of the molecule is O=C(CCCc1nc2ccccc2o1)N[C@H]1CCS(=O)(=O)C1. The molecule has 1 atom stereocenters. The highest BCUT2D eigenvalue weighted by Gasteiger charge is 2.28. The second kappa shape index (κ2) is 6.08. The molecular weight excluding hydrogens is 304 g/mol. The van der Waals surface area contributed by atoms with Gasteiger partial charge in [0.2, 0.25) is 5.91 Å². The van der Waals surface area contributed by atoms with Gasteiger partial charge in [-0.3, -0.25) is 4.79 Å². The van der Waals surface area contributed by atoms with Gasteiger partial charge in [-0.2, -0.15) is 0 Å². The zero-order valence-electron chi connectivity index (χ0n) is 12.1. The van der Waals surface area contributed by atoms with E-state index in [4.69, 9.17) is 4.42 Å². The molecule has 1 aliphatic rings. The van der Waals surface area contributed by atoms with E-state index in [1.807, 2.05) is 24.3 Å². The fourth-order valence-electron chi connectivity index (χ4n) is 2.64. The average molecular weight is 322 g/mol. The van der Waals surface area contributed by atoms with Crippen molar-refractivity contribution in [1.29, 1.82) is 0 Å². The monoisotopic (exact) mass is 322 g/mol. The molecule has 0 unspecified atom stereocenters. The number of aryl methyl sites for hydroxylation is 1. The predicted octanol–water partition coefficient (Wildman–Crippen LogP) is 1.45. The standard InChI is InChI=1S/C15H18N2O4S/c18-14(16-11-8-9-22(19,20)10-11)6-3-7-15-17-12-4-1-2-5-13(12)21-15/h1-2,4-5,11H,3,6-10H2,(H,16,18)/t11-/m0/s1. The Balaban J connectivity index is 1.45. The smallest absolute Gasteiger partial charge is 0.220 e. The molecule has 6 nitrogen and oxygen atoms in total. The number of nitrogens with one attached hydrogen (secondary N) is 1. The Morgan fingerprint density at radius 3 is 2.91 bits per heavy atom. The molecule has 0 radical (unpaired) electrons. The van der Waals surface area contributed by atoms with Gasteiger partial charge in [-0.25, -0.2) is 13.4 Å². The number of oxazole rings is 1. The van der Waals surface area contributed by atoms with Crippen molar-refractivity contribution in [2.45, 2.75) is 31.7 Å². The summed E-state index contributed by atoms with van der Waals surface area (Å²) in [5, 5.41) is 2.78. The quantitative estimate of drug-likeness (QED) is 0.900. The van der Waals surface area contributed by atoms with Crippen molar-refractivity contribution >= 4 is 26.8 Å². The van der Waals surface area contributed by atoms with Gasteiger partial charge in [-0.15, -0.1) is 0 Å². The van der Waals surface area contributed by atoms with E-state index in [1.54, 1.807) is 0 Å². The first kappa shape index (κ1) is 15.0. The normalized spacial score (nSPS) is 20.3. The Morgan fingerprint density at radius 1 is 1.36 bits per heavy atom. The van der Waals surface area contributed by atoms with Gasteiger partial charge in [0.25, 0.3) is 0 Å². The lowest BCUT2D eigenvalue weighted by Gasteiger charge is -2.10. The van der Waals surface area contributed by atoms with Crippen LogP contribution in [0.1, 0.15) is 25.2 Å². The van der Waals surface area contributed by atoms with Crippen LogP contribution in [0.5, 0.6) is 0 Å². The summed E-state index contributed by atoms with van der Waals surface area (Å²) in [6.07, 6.45) is 2.07. The molecule has 1 aromatic heterocycles. The highest BCUT2D eigenvalue weighted by atomic mass is 32.2. The van der Waals surface area contributed by atoms with Gasteiger partial charge in [-0.05, 0) is 25.0 Å². The molecular formula is C15H18N2O4S. The number of amides is 1. The molecule has 1 amide bonds. The maximum atomic E-state index is 11.8. The summed E-state index contributed by atoms with van der Waals surface area (Å²) >= 11 is 0. The van der Waals surface area contributed by atoms with Crippen molar-refractivity contribution in [2.24, 2.45) is 0 Å². The van der Waals surface area contributed by atoms with E-state index in [1.165, 1.54) is 0 Å². The molecule has 1 N–H and O–H groups in total. The maximum Gasteiger partial charge on any atom is 0.220 e. The molecule has 22 heavy (non-hydrogen) atoms. The highest BCUT2D eigenvalue weighted by molar-refractivity contribution is 7.91. The summed E-state index contributed by atoms with van der Waals surface area (Å²) < 4.78 is 28.3. The van der Waals surface area contributed by atoms with E-state index in [0.717, 1.165) is 11.1 Å². The van der Waals surface area contributed by atoms with Crippen LogP contribution in [0.25, 0.3) is 11.1 Å². The van der Waals surface area contributed by atoms with E-state index in [0.29, 0.717) is 31.6 Å². The number of nitrogens with zero attached hydrogens (tertiary/aromatic N) is 1. The summed E-state index contributed by atoms with van der Waals surface area (Å²) in [4.78, 5) is 16.2. The van der Waals surface area contributed by atoms with E-state index in [-0.39, 0.29) is 23.5 Å². The van der Waals surface area contributed by atoms with Gasteiger partial charge in [-0.1, -0.05) is 12.1 Å². The van der Waals surface area contributed by atoms with Crippen LogP contribution < -0.4 is 5.32 Å². The first-order chi connectivity index (χ1) is 10.5. The van der Waals surface area contributed by atoms with Crippen LogP contribution in [0.4, 0.5) is 0 Å². The Hall–Kier alpha value is -1.89. The van der Waals surface area contributed by atoms with E-state index < -0.39 is 9.84 Å². The van der Waals surface area contributed by atoms with Crippen LogP contribution in [0.15, 0.2) is 28.7 Å². The number of carbonyl (C=O) groups excluding carboxylic acids is 1. The third-order valence-corrected chi connectivity index (χ3v) is 5.50. The van der Waals surface area contributed by atoms with Crippen molar-refractivity contribution < 1.29 is 17.6 Å². The molecule has 0 spiro atoms. The third kappa shape index (κ3) is 3.65. The van der Waals surface area contributed by atoms with E-state index in [2.05, 4.69) is 10.3 Å². The Morgan fingerprint density at radius 2 is 2.18 bits per heavy atom. The highest BCUT2D eigenvalue weighted by Crippen LogP contribution is 2.16. The second-order valence-corrected chi connectivity index (χ2v) is 7.83. The van der Waals surface area contributed by atoms with Gasteiger partial charge in [0.1, 0.15) is 5.52 Å². The number of rotatable bonds is 5. The molecule has 1 saturated heterocycles. The van der Waals surface area contributed by atoms with Gasteiger partial charge < -0.3 is 9.73 Å². The van der Waals surface area contributed by atoms with Gasteiger partial charge >= 0.3 is 0 Å². The van der Waals surface area contributed by atoms with E-state index in [9.17, 15) is 13.2 Å². The zero-order valence-corrected chi connectivity index (χ0v) is 12.9.